The molecule has 39 heavy (non-hydrogen) atoms. The summed E-state index contributed by atoms with van der Waals surface area (Å²) in [6.07, 6.45) is -0.331. The van der Waals surface area contributed by atoms with Gasteiger partial charge in [-0.15, -0.1) is 5.10 Å². The highest BCUT2D eigenvalue weighted by atomic mass is 19.4. The van der Waals surface area contributed by atoms with Crippen LogP contribution >= 0.6 is 0 Å². The summed E-state index contributed by atoms with van der Waals surface area (Å²) in [5.74, 6) is 0.425. The molecule has 0 spiro atoms. The Morgan fingerprint density at radius 2 is 2.08 bits per heavy atom. The van der Waals surface area contributed by atoms with Crippen molar-refractivity contribution in [3.8, 4) is 5.88 Å². The number of amides is 2. The largest absolute Gasteiger partial charge is 0.473 e. The minimum absolute atomic E-state index is 0.170. The third-order valence-electron chi connectivity index (χ3n) is 8.06. The normalized spacial score (nSPS) is 26.0. The summed E-state index contributed by atoms with van der Waals surface area (Å²) in [7, 11) is 2.80. The molecule has 4 fully saturated rings. The van der Waals surface area contributed by atoms with Crippen molar-refractivity contribution in [2.75, 3.05) is 38.8 Å². The van der Waals surface area contributed by atoms with Crippen molar-refractivity contribution >= 4 is 22.8 Å². The first kappa shape index (κ1) is 25.6. The lowest BCUT2D eigenvalue weighted by Gasteiger charge is -2.73. The molecule has 1 atom stereocenters. The standard InChI is InChI=1S/C25H27F3N6O5/c1-33-8-15(25(26,27)28)6-18(21(33)35)30-22(36)34(2)24-11-23(12-24,13-24)14-5-17-19(29-7-14)31-32-20(17)39-10-16-9-37-3-4-38-16/h5-8,16H,3-4,9-13H2,1-2H3,(H,30,36)(H,29,31,32)/t16-,23?,24?/m0/s1. The zero-order valence-electron chi connectivity index (χ0n) is 21.3. The van der Waals surface area contributed by atoms with Gasteiger partial charge in [-0.1, -0.05) is 0 Å². The molecule has 3 aliphatic carbocycles. The molecular weight excluding hydrogens is 521 g/mol. The van der Waals surface area contributed by atoms with Crippen molar-refractivity contribution in [1.29, 1.82) is 0 Å². The van der Waals surface area contributed by atoms with Gasteiger partial charge in [-0.25, -0.2) is 9.78 Å². The van der Waals surface area contributed by atoms with Gasteiger partial charge < -0.3 is 29.0 Å². The molecule has 2 bridgehead atoms. The zero-order chi connectivity index (χ0) is 27.6. The van der Waals surface area contributed by atoms with E-state index in [0.29, 0.717) is 69.5 Å². The number of hydrogen-bond acceptors (Lipinski definition) is 7. The average molecular weight is 549 g/mol. The number of nitrogens with zero attached hydrogens (tertiary/aromatic N) is 4. The summed E-state index contributed by atoms with van der Waals surface area (Å²) < 4.78 is 57.3. The molecule has 0 aromatic carbocycles. The lowest BCUT2D eigenvalue weighted by Crippen LogP contribution is -2.77. The predicted octanol–water partition coefficient (Wildman–Crippen LogP) is 2.81. The molecule has 2 N–H and O–H groups in total. The van der Waals surface area contributed by atoms with Crippen molar-refractivity contribution in [3.63, 3.8) is 0 Å². The second-order valence-corrected chi connectivity index (χ2v) is 10.6. The van der Waals surface area contributed by atoms with Crippen molar-refractivity contribution in [2.24, 2.45) is 7.05 Å². The lowest BCUT2D eigenvalue weighted by molar-refractivity contribution is -0.140. The van der Waals surface area contributed by atoms with E-state index in [1.165, 1.54) is 11.9 Å². The summed E-state index contributed by atoms with van der Waals surface area (Å²) in [5, 5.41) is 10.2. The third-order valence-corrected chi connectivity index (χ3v) is 8.06. The van der Waals surface area contributed by atoms with Crippen LogP contribution in [0.5, 0.6) is 5.88 Å². The number of carbonyl (C=O) groups excluding carboxylic acids is 1. The summed E-state index contributed by atoms with van der Waals surface area (Å²) in [5.41, 5.74) is -1.18. The molecular formula is C25H27F3N6O5. The first-order valence-electron chi connectivity index (χ1n) is 12.5. The molecule has 3 aromatic rings. The zero-order valence-corrected chi connectivity index (χ0v) is 21.3. The number of carbonyl (C=O) groups is 1. The molecule has 4 aliphatic rings. The van der Waals surface area contributed by atoms with Crippen molar-refractivity contribution in [2.45, 2.75) is 42.5 Å². The van der Waals surface area contributed by atoms with Gasteiger partial charge in [-0.2, -0.15) is 13.2 Å². The van der Waals surface area contributed by atoms with Crippen LogP contribution in [0.25, 0.3) is 11.0 Å². The van der Waals surface area contributed by atoms with Crippen LogP contribution in [0.1, 0.15) is 30.4 Å². The topological polar surface area (TPSA) is 124 Å². The Bertz CT molecular complexity index is 1480. The number of urea groups is 1. The monoisotopic (exact) mass is 548 g/mol. The Morgan fingerprint density at radius 3 is 2.77 bits per heavy atom. The summed E-state index contributed by atoms with van der Waals surface area (Å²) in [4.78, 5) is 31.3. The maximum absolute atomic E-state index is 13.2. The van der Waals surface area contributed by atoms with Crippen LogP contribution in [0.4, 0.5) is 23.7 Å². The van der Waals surface area contributed by atoms with E-state index in [1.54, 1.807) is 13.2 Å². The van der Waals surface area contributed by atoms with Gasteiger partial charge in [0.1, 0.15) is 18.4 Å². The molecule has 4 heterocycles. The minimum atomic E-state index is -4.65. The number of pyridine rings is 2. The molecule has 1 saturated heterocycles. The van der Waals surface area contributed by atoms with Gasteiger partial charge in [-0.05, 0) is 37.0 Å². The molecule has 11 nitrogen and oxygen atoms in total. The van der Waals surface area contributed by atoms with Crippen LogP contribution in [0.15, 0.2) is 29.3 Å². The number of ether oxygens (including phenoxy) is 3. The van der Waals surface area contributed by atoms with Crippen LogP contribution in [0.2, 0.25) is 0 Å². The number of fused-ring (bicyclic) bond motifs is 1. The fraction of sp³-hybridized carbons (Fsp3) is 0.520. The Hall–Kier alpha value is -3.65. The number of rotatable bonds is 6. The van der Waals surface area contributed by atoms with E-state index in [0.717, 1.165) is 15.5 Å². The number of anilines is 1. The van der Waals surface area contributed by atoms with Crippen molar-refractivity contribution in [3.05, 3.63) is 46.0 Å². The number of aromatic nitrogens is 4. The van der Waals surface area contributed by atoms with E-state index >= 15 is 0 Å². The van der Waals surface area contributed by atoms with Gasteiger partial charge >= 0.3 is 12.2 Å². The predicted molar refractivity (Wildman–Crippen MR) is 132 cm³/mol. The first-order valence-corrected chi connectivity index (χ1v) is 12.5. The fourth-order valence-corrected chi connectivity index (χ4v) is 5.85. The molecule has 208 valence electrons. The fourth-order valence-electron chi connectivity index (χ4n) is 5.85. The molecule has 14 heteroatoms. The number of H-pyrrole nitrogens is 1. The van der Waals surface area contributed by atoms with Gasteiger partial charge in [-0.3, -0.25) is 9.89 Å². The average Bonchev–Trinajstić information content (AvgIpc) is 3.26. The van der Waals surface area contributed by atoms with Crippen LogP contribution in [0.3, 0.4) is 0 Å². The quantitative estimate of drug-likeness (QED) is 0.486. The molecule has 1 aliphatic heterocycles. The van der Waals surface area contributed by atoms with Crippen LogP contribution in [0, 0.1) is 0 Å². The third kappa shape index (κ3) is 4.31. The van der Waals surface area contributed by atoms with Gasteiger partial charge in [0.05, 0.1) is 30.8 Å². The Kier molecular flexibility index (Phi) is 5.88. The number of aromatic amines is 1. The number of halogens is 3. The minimum Gasteiger partial charge on any atom is -0.473 e. The van der Waals surface area contributed by atoms with Gasteiger partial charge in [0.2, 0.25) is 5.88 Å². The second kappa shape index (κ2) is 8.95. The van der Waals surface area contributed by atoms with E-state index in [9.17, 15) is 22.8 Å². The maximum Gasteiger partial charge on any atom is 0.417 e. The van der Waals surface area contributed by atoms with Gasteiger partial charge in [0, 0.05) is 37.4 Å². The van der Waals surface area contributed by atoms with Gasteiger partial charge in [0.15, 0.2) is 5.65 Å². The molecule has 0 radical (unpaired) electrons. The summed E-state index contributed by atoms with van der Waals surface area (Å²) in [6.45, 7) is 1.85. The van der Waals surface area contributed by atoms with E-state index in [4.69, 9.17) is 14.2 Å². The smallest absolute Gasteiger partial charge is 0.417 e. The van der Waals surface area contributed by atoms with Crippen molar-refractivity contribution < 1.29 is 32.2 Å². The first-order chi connectivity index (χ1) is 18.5. The van der Waals surface area contributed by atoms with Crippen LogP contribution < -0.4 is 15.6 Å². The molecule has 3 aromatic heterocycles. The highest BCUT2D eigenvalue weighted by Gasteiger charge is 2.71. The Labute approximate surface area is 220 Å². The summed E-state index contributed by atoms with van der Waals surface area (Å²) >= 11 is 0. The van der Waals surface area contributed by atoms with Crippen molar-refractivity contribution in [1.82, 2.24) is 24.6 Å². The highest BCUT2D eigenvalue weighted by Crippen LogP contribution is 2.70. The maximum atomic E-state index is 13.2. The number of alkyl halides is 3. The number of aryl methyl sites for hydroxylation is 1. The second-order valence-electron chi connectivity index (χ2n) is 10.6. The molecule has 0 unspecified atom stereocenters. The molecule has 2 amide bonds. The Morgan fingerprint density at radius 1 is 1.31 bits per heavy atom. The van der Waals surface area contributed by atoms with Crippen LogP contribution in [-0.4, -0.2) is 75.8 Å². The lowest BCUT2D eigenvalue weighted by atomic mass is 9.37. The summed E-state index contributed by atoms with van der Waals surface area (Å²) in [6, 6.07) is 2.03. The number of hydrogen-bond donors (Lipinski definition) is 2. The van der Waals surface area contributed by atoms with Crippen LogP contribution in [-0.2, 0) is 28.1 Å². The SMILES string of the molecule is CN(C(=O)Nc1cc(C(F)(F)F)cn(C)c1=O)C12CC(c3cnc4[nH]nc(OC[C@@H]5COCCO5)c4c3)(C1)C2. The molecule has 7 rings (SSSR count). The highest BCUT2D eigenvalue weighted by molar-refractivity contribution is 5.90. The van der Waals surface area contributed by atoms with E-state index in [2.05, 4.69) is 20.5 Å². The van der Waals surface area contributed by atoms with E-state index in [-0.39, 0.29) is 11.5 Å². The van der Waals surface area contributed by atoms with E-state index in [1.807, 2.05) is 6.07 Å². The number of nitrogens with one attached hydrogen (secondary N) is 2. The molecule has 3 saturated carbocycles. The van der Waals surface area contributed by atoms with Gasteiger partial charge in [0.25, 0.3) is 5.56 Å². The van der Waals surface area contributed by atoms with E-state index < -0.39 is 34.6 Å². The Balaban J connectivity index is 1.13.